The number of nitro groups is 1. The Hall–Kier alpha value is -3.08. The summed E-state index contributed by atoms with van der Waals surface area (Å²) in [6, 6.07) is 4.63. The molecule has 0 spiro atoms. The average Bonchev–Trinajstić information content (AvgIpc) is 2.64. The van der Waals surface area contributed by atoms with Crippen LogP contribution in [0.4, 0.5) is 11.4 Å². The summed E-state index contributed by atoms with van der Waals surface area (Å²) in [5, 5.41) is 21.8. The van der Waals surface area contributed by atoms with E-state index in [1.54, 1.807) is 18.3 Å². The van der Waals surface area contributed by atoms with E-state index in [9.17, 15) is 10.1 Å². The predicted octanol–water partition coefficient (Wildman–Crippen LogP) is 1.67. The zero-order chi connectivity index (χ0) is 14.0. The molecule has 0 fully saturated rings. The van der Waals surface area contributed by atoms with Gasteiger partial charge in [0.1, 0.15) is 11.0 Å². The van der Waals surface area contributed by atoms with E-state index >= 15 is 0 Å². The SMILES string of the molecule is Cc1oc2ccc(N=C(N)NC#N)cc2c1[N+](=O)[O-]. The second-order valence-electron chi connectivity index (χ2n) is 3.68. The number of benzene rings is 1. The fourth-order valence-electron chi connectivity index (χ4n) is 1.72. The number of aryl methyl sites for hydroxylation is 1. The molecule has 2 rings (SSSR count). The number of nitrogens with zero attached hydrogens (tertiary/aromatic N) is 3. The second kappa shape index (κ2) is 4.66. The highest BCUT2D eigenvalue weighted by Gasteiger charge is 2.21. The van der Waals surface area contributed by atoms with Crippen LogP contribution in [0, 0.1) is 28.5 Å². The fraction of sp³-hybridized carbons (Fsp3) is 0.0909. The number of nitrogens with two attached hydrogens (primary N) is 1. The molecule has 96 valence electrons. The minimum atomic E-state index is -0.508. The third-order valence-electron chi connectivity index (χ3n) is 2.43. The Morgan fingerprint density at radius 1 is 1.63 bits per heavy atom. The first-order valence-corrected chi connectivity index (χ1v) is 5.19. The monoisotopic (exact) mass is 259 g/mol. The number of hydrogen-bond acceptors (Lipinski definition) is 5. The van der Waals surface area contributed by atoms with Crippen molar-refractivity contribution >= 4 is 28.3 Å². The van der Waals surface area contributed by atoms with Gasteiger partial charge in [-0.1, -0.05) is 0 Å². The molecule has 0 saturated heterocycles. The van der Waals surface area contributed by atoms with E-state index in [0.717, 1.165) is 0 Å². The number of nitrogens with one attached hydrogen (secondary N) is 1. The van der Waals surface area contributed by atoms with Gasteiger partial charge in [0.05, 0.1) is 10.6 Å². The van der Waals surface area contributed by atoms with Crippen LogP contribution in [-0.4, -0.2) is 10.9 Å². The van der Waals surface area contributed by atoms with Crippen molar-refractivity contribution in [2.45, 2.75) is 6.92 Å². The molecule has 0 aliphatic carbocycles. The van der Waals surface area contributed by atoms with Gasteiger partial charge in [-0.2, -0.15) is 5.26 Å². The highest BCUT2D eigenvalue weighted by molar-refractivity contribution is 5.92. The summed E-state index contributed by atoms with van der Waals surface area (Å²) in [5.41, 5.74) is 6.11. The molecule has 0 saturated carbocycles. The number of furan rings is 1. The maximum atomic E-state index is 11.0. The smallest absolute Gasteiger partial charge is 0.317 e. The van der Waals surface area contributed by atoms with Gasteiger partial charge >= 0.3 is 5.69 Å². The van der Waals surface area contributed by atoms with Crippen molar-refractivity contribution in [3.05, 3.63) is 34.1 Å². The van der Waals surface area contributed by atoms with Crippen molar-refractivity contribution in [3.63, 3.8) is 0 Å². The zero-order valence-corrected chi connectivity index (χ0v) is 9.88. The lowest BCUT2D eigenvalue weighted by atomic mass is 10.2. The fourth-order valence-corrected chi connectivity index (χ4v) is 1.72. The molecule has 8 heteroatoms. The van der Waals surface area contributed by atoms with Crippen LogP contribution >= 0.6 is 0 Å². The lowest BCUT2D eigenvalue weighted by molar-refractivity contribution is -0.384. The Kier molecular flexibility index (Phi) is 3.03. The van der Waals surface area contributed by atoms with Crippen LogP contribution in [0.25, 0.3) is 11.0 Å². The number of aliphatic imine (C=N–C) groups is 1. The second-order valence-corrected chi connectivity index (χ2v) is 3.68. The number of rotatable bonds is 2. The lowest BCUT2D eigenvalue weighted by Crippen LogP contribution is -2.26. The van der Waals surface area contributed by atoms with E-state index in [-0.39, 0.29) is 17.4 Å². The normalized spacial score (nSPS) is 11.3. The Morgan fingerprint density at radius 2 is 2.37 bits per heavy atom. The Bertz CT molecular complexity index is 726. The molecule has 19 heavy (non-hydrogen) atoms. The van der Waals surface area contributed by atoms with Gasteiger partial charge in [0.25, 0.3) is 0 Å². The Morgan fingerprint density at radius 3 is 3.00 bits per heavy atom. The molecule has 1 heterocycles. The minimum absolute atomic E-state index is 0.0929. The van der Waals surface area contributed by atoms with Gasteiger partial charge in [-0.15, -0.1) is 0 Å². The number of guanidine groups is 1. The van der Waals surface area contributed by atoms with E-state index in [2.05, 4.69) is 10.3 Å². The molecule has 1 aromatic carbocycles. The summed E-state index contributed by atoms with van der Waals surface area (Å²) >= 11 is 0. The van der Waals surface area contributed by atoms with Crippen molar-refractivity contribution in [3.8, 4) is 6.19 Å². The number of fused-ring (bicyclic) bond motifs is 1. The van der Waals surface area contributed by atoms with E-state index in [0.29, 0.717) is 16.7 Å². The topological polar surface area (TPSA) is 130 Å². The van der Waals surface area contributed by atoms with Crippen LogP contribution in [0.1, 0.15) is 5.76 Å². The molecule has 3 N–H and O–H groups in total. The highest BCUT2D eigenvalue weighted by atomic mass is 16.6. The molecule has 1 aromatic heterocycles. The molecule has 2 aromatic rings. The predicted molar refractivity (Wildman–Crippen MR) is 67.6 cm³/mol. The molecular formula is C11H9N5O3. The van der Waals surface area contributed by atoms with E-state index < -0.39 is 4.92 Å². The summed E-state index contributed by atoms with van der Waals surface area (Å²) in [7, 11) is 0. The highest BCUT2D eigenvalue weighted by Crippen LogP contribution is 2.34. The van der Waals surface area contributed by atoms with Crippen LogP contribution in [0.3, 0.4) is 0 Å². The molecule has 0 amide bonds. The van der Waals surface area contributed by atoms with Crippen LogP contribution in [0.15, 0.2) is 27.6 Å². The largest absolute Gasteiger partial charge is 0.454 e. The summed E-state index contributed by atoms with van der Waals surface area (Å²) in [4.78, 5) is 14.4. The van der Waals surface area contributed by atoms with Crippen molar-refractivity contribution in [2.75, 3.05) is 0 Å². The van der Waals surface area contributed by atoms with Gasteiger partial charge < -0.3 is 10.2 Å². The van der Waals surface area contributed by atoms with Crippen molar-refractivity contribution in [2.24, 2.45) is 10.7 Å². The third kappa shape index (κ3) is 2.30. The van der Waals surface area contributed by atoms with Crippen molar-refractivity contribution in [1.29, 1.82) is 5.26 Å². The Labute approximate surface area is 107 Å². The molecule has 0 unspecified atom stereocenters. The van der Waals surface area contributed by atoms with E-state index in [4.69, 9.17) is 15.4 Å². The van der Waals surface area contributed by atoms with Crippen LogP contribution in [0.5, 0.6) is 0 Å². The lowest BCUT2D eigenvalue weighted by Gasteiger charge is -1.97. The zero-order valence-electron chi connectivity index (χ0n) is 9.88. The van der Waals surface area contributed by atoms with Gasteiger partial charge in [-0.3, -0.25) is 15.4 Å². The van der Waals surface area contributed by atoms with E-state index in [1.165, 1.54) is 13.0 Å². The molecule has 0 aliphatic rings. The van der Waals surface area contributed by atoms with E-state index in [1.807, 2.05) is 0 Å². The molecule has 8 nitrogen and oxygen atoms in total. The summed E-state index contributed by atoms with van der Waals surface area (Å²) in [6.07, 6.45) is 1.63. The molecular weight excluding hydrogens is 250 g/mol. The molecule has 0 aliphatic heterocycles. The van der Waals surface area contributed by atoms with Crippen LogP contribution in [0.2, 0.25) is 0 Å². The third-order valence-corrected chi connectivity index (χ3v) is 2.43. The van der Waals surface area contributed by atoms with Gasteiger partial charge in [0, 0.05) is 6.92 Å². The number of hydrogen-bond donors (Lipinski definition) is 2. The first kappa shape index (κ1) is 12.4. The molecule has 0 bridgehead atoms. The first-order chi connectivity index (χ1) is 9.02. The quantitative estimate of drug-likeness (QED) is 0.210. The molecule has 0 radical (unpaired) electrons. The number of nitriles is 1. The van der Waals surface area contributed by atoms with Gasteiger partial charge in [-0.25, -0.2) is 4.99 Å². The van der Waals surface area contributed by atoms with Crippen LogP contribution in [-0.2, 0) is 0 Å². The summed E-state index contributed by atoms with van der Waals surface area (Å²) in [5.74, 6) is 0.133. The van der Waals surface area contributed by atoms with Gasteiger partial charge in [-0.05, 0) is 18.2 Å². The molecule has 0 atom stereocenters. The average molecular weight is 259 g/mol. The maximum Gasteiger partial charge on any atom is 0.317 e. The summed E-state index contributed by atoms with van der Waals surface area (Å²) < 4.78 is 5.28. The van der Waals surface area contributed by atoms with Crippen molar-refractivity contribution < 1.29 is 9.34 Å². The first-order valence-electron chi connectivity index (χ1n) is 5.19. The Balaban J connectivity index is 2.57. The maximum absolute atomic E-state index is 11.0. The minimum Gasteiger partial charge on any atom is -0.454 e. The van der Waals surface area contributed by atoms with Crippen LogP contribution < -0.4 is 11.1 Å². The summed E-state index contributed by atoms with van der Waals surface area (Å²) in [6.45, 7) is 1.52. The van der Waals surface area contributed by atoms with Gasteiger partial charge in [0.2, 0.25) is 5.96 Å². The van der Waals surface area contributed by atoms with Gasteiger partial charge in [0.15, 0.2) is 12.0 Å². The van der Waals surface area contributed by atoms with Crippen molar-refractivity contribution in [1.82, 2.24) is 5.32 Å². The standard InChI is InChI=1S/C11H9N5O3/c1-6-10(16(17)18)8-4-7(2-3-9(8)19-6)15-11(13)14-5-12/h2-4H,1H3,(H3,13,14,15).